The minimum Gasteiger partial charge on any atom is -0.242 e. The van der Waals surface area contributed by atoms with Crippen molar-refractivity contribution in [2.24, 2.45) is 0 Å². The van der Waals surface area contributed by atoms with Crippen molar-refractivity contribution >= 4 is 0 Å². The molecule has 0 heterocycles. The van der Waals surface area contributed by atoms with Crippen LogP contribution >= 0.6 is 0 Å². The van der Waals surface area contributed by atoms with Crippen LogP contribution in [0.3, 0.4) is 0 Å². The molecule has 0 saturated heterocycles. The molecule has 1 atom stereocenters. The number of halogens is 4. The van der Waals surface area contributed by atoms with Crippen LogP contribution in [0.5, 0.6) is 0 Å². The quantitative estimate of drug-likeness (QED) is 0.638. The molecular formula is C10H10F4. The Morgan fingerprint density at radius 3 is 2.00 bits per heavy atom. The van der Waals surface area contributed by atoms with Gasteiger partial charge in [0.1, 0.15) is 6.17 Å². The number of alkyl halides is 4. The smallest absolute Gasteiger partial charge is 0.242 e. The summed E-state index contributed by atoms with van der Waals surface area (Å²) in [5, 5.41) is 0. The lowest BCUT2D eigenvalue weighted by atomic mass is 10.1. The SMILES string of the molecule is CCC(F)c1ccc(C(F)(F)F)cc1. The first-order valence-corrected chi connectivity index (χ1v) is 4.26. The molecule has 0 aromatic heterocycles. The molecule has 0 nitrogen and oxygen atoms in total. The average molecular weight is 206 g/mol. The molecule has 0 saturated carbocycles. The van der Waals surface area contributed by atoms with Gasteiger partial charge in [-0.15, -0.1) is 0 Å². The molecule has 0 aliphatic heterocycles. The number of benzene rings is 1. The van der Waals surface area contributed by atoms with Gasteiger partial charge in [0.05, 0.1) is 5.56 Å². The van der Waals surface area contributed by atoms with Crippen LogP contribution in [-0.2, 0) is 6.18 Å². The lowest BCUT2D eigenvalue weighted by Gasteiger charge is -2.09. The molecule has 0 amide bonds. The van der Waals surface area contributed by atoms with Crippen molar-refractivity contribution in [1.82, 2.24) is 0 Å². The Labute approximate surface area is 79.6 Å². The third kappa shape index (κ3) is 2.47. The van der Waals surface area contributed by atoms with Crippen LogP contribution in [0.2, 0.25) is 0 Å². The molecule has 1 rings (SSSR count). The predicted octanol–water partition coefficient (Wildman–Crippen LogP) is 4.13. The summed E-state index contributed by atoms with van der Waals surface area (Å²) in [4.78, 5) is 0. The summed E-state index contributed by atoms with van der Waals surface area (Å²) in [5.41, 5.74) is -0.454. The van der Waals surface area contributed by atoms with E-state index in [4.69, 9.17) is 0 Å². The van der Waals surface area contributed by atoms with Gasteiger partial charge in [0.25, 0.3) is 0 Å². The maximum atomic E-state index is 13.0. The average Bonchev–Trinajstić information content (AvgIpc) is 2.15. The van der Waals surface area contributed by atoms with Crippen LogP contribution in [0, 0.1) is 0 Å². The van der Waals surface area contributed by atoms with E-state index in [1.54, 1.807) is 6.92 Å². The molecule has 1 aromatic carbocycles. The summed E-state index contributed by atoms with van der Waals surface area (Å²) in [6, 6.07) is 4.16. The van der Waals surface area contributed by atoms with E-state index in [2.05, 4.69) is 0 Å². The van der Waals surface area contributed by atoms with Crippen molar-refractivity contribution in [1.29, 1.82) is 0 Å². The van der Waals surface area contributed by atoms with Gasteiger partial charge in [-0.05, 0) is 24.1 Å². The Hall–Kier alpha value is -1.06. The molecule has 0 radical (unpaired) electrons. The van der Waals surface area contributed by atoms with Gasteiger partial charge >= 0.3 is 6.18 Å². The molecule has 0 aliphatic carbocycles. The molecule has 0 aliphatic rings. The van der Waals surface area contributed by atoms with Crippen LogP contribution in [-0.4, -0.2) is 0 Å². The molecule has 1 aromatic rings. The molecular weight excluding hydrogens is 196 g/mol. The first-order valence-electron chi connectivity index (χ1n) is 4.26. The standard InChI is InChI=1S/C10H10F4/c1-2-9(11)7-3-5-8(6-4-7)10(12,13)14/h3-6,9H,2H2,1H3. The molecule has 78 valence electrons. The molecule has 4 heteroatoms. The second-order valence-corrected chi connectivity index (χ2v) is 3.00. The fourth-order valence-electron chi connectivity index (χ4n) is 1.12. The highest BCUT2D eigenvalue weighted by molar-refractivity contribution is 5.25. The van der Waals surface area contributed by atoms with E-state index in [-0.39, 0.29) is 6.42 Å². The third-order valence-electron chi connectivity index (χ3n) is 1.96. The third-order valence-corrected chi connectivity index (χ3v) is 1.96. The minimum absolute atomic E-state index is 0.269. The van der Waals surface area contributed by atoms with E-state index in [9.17, 15) is 17.6 Å². The Balaban J connectivity index is 2.89. The number of hydrogen-bond acceptors (Lipinski definition) is 0. The summed E-state index contributed by atoms with van der Waals surface area (Å²) in [5.74, 6) is 0. The van der Waals surface area contributed by atoms with Crippen molar-refractivity contribution in [2.75, 3.05) is 0 Å². The molecule has 1 unspecified atom stereocenters. The van der Waals surface area contributed by atoms with E-state index in [0.29, 0.717) is 5.56 Å². The van der Waals surface area contributed by atoms with Crippen LogP contribution in [0.1, 0.15) is 30.6 Å². The lowest BCUT2D eigenvalue weighted by Crippen LogP contribution is -2.04. The van der Waals surface area contributed by atoms with Gasteiger partial charge in [-0.3, -0.25) is 0 Å². The monoisotopic (exact) mass is 206 g/mol. The van der Waals surface area contributed by atoms with Crippen molar-refractivity contribution in [3.63, 3.8) is 0 Å². The highest BCUT2D eigenvalue weighted by Crippen LogP contribution is 2.30. The van der Waals surface area contributed by atoms with Gasteiger partial charge < -0.3 is 0 Å². The fraction of sp³-hybridized carbons (Fsp3) is 0.400. The van der Waals surface area contributed by atoms with E-state index in [1.165, 1.54) is 12.1 Å². The first-order chi connectivity index (χ1) is 6.45. The topological polar surface area (TPSA) is 0 Å². The second kappa shape index (κ2) is 3.98. The Morgan fingerprint density at radius 1 is 1.14 bits per heavy atom. The minimum atomic E-state index is -4.35. The van der Waals surface area contributed by atoms with Gasteiger partial charge in [0.2, 0.25) is 0 Å². The second-order valence-electron chi connectivity index (χ2n) is 3.00. The molecule has 0 bridgehead atoms. The van der Waals surface area contributed by atoms with E-state index >= 15 is 0 Å². The summed E-state index contributed by atoms with van der Waals surface area (Å²) in [7, 11) is 0. The van der Waals surface area contributed by atoms with Crippen LogP contribution in [0.25, 0.3) is 0 Å². The summed E-state index contributed by atoms with van der Waals surface area (Å²) >= 11 is 0. The van der Waals surface area contributed by atoms with E-state index in [1.807, 2.05) is 0 Å². The molecule has 0 N–H and O–H groups in total. The highest BCUT2D eigenvalue weighted by Gasteiger charge is 2.30. The zero-order chi connectivity index (χ0) is 10.8. The number of hydrogen-bond donors (Lipinski definition) is 0. The van der Waals surface area contributed by atoms with Crippen molar-refractivity contribution in [3.8, 4) is 0 Å². The van der Waals surface area contributed by atoms with Gasteiger partial charge in [-0.2, -0.15) is 13.2 Å². The van der Waals surface area contributed by atoms with Crippen LogP contribution in [0.4, 0.5) is 17.6 Å². The maximum absolute atomic E-state index is 13.0. The Bertz CT molecular complexity index is 286. The number of rotatable bonds is 2. The summed E-state index contributed by atoms with van der Waals surface area (Å²) in [6.45, 7) is 1.64. The van der Waals surface area contributed by atoms with Gasteiger partial charge in [0, 0.05) is 0 Å². The molecule has 14 heavy (non-hydrogen) atoms. The zero-order valence-corrected chi connectivity index (χ0v) is 7.61. The molecule has 0 fully saturated rings. The Kier molecular flexibility index (Phi) is 3.13. The van der Waals surface area contributed by atoms with Gasteiger partial charge in [-0.25, -0.2) is 4.39 Å². The summed E-state index contributed by atoms with van der Waals surface area (Å²) < 4.78 is 49.3. The van der Waals surface area contributed by atoms with E-state index in [0.717, 1.165) is 12.1 Å². The van der Waals surface area contributed by atoms with Crippen molar-refractivity contribution < 1.29 is 17.6 Å². The van der Waals surface area contributed by atoms with Crippen molar-refractivity contribution in [3.05, 3.63) is 35.4 Å². The normalized spacial score (nSPS) is 14.1. The first kappa shape index (κ1) is 11.0. The molecule has 0 spiro atoms. The maximum Gasteiger partial charge on any atom is 0.416 e. The van der Waals surface area contributed by atoms with Crippen LogP contribution < -0.4 is 0 Å². The van der Waals surface area contributed by atoms with Gasteiger partial charge in [0.15, 0.2) is 0 Å². The zero-order valence-electron chi connectivity index (χ0n) is 7.61. The van der Waals surface area contributed by atoms with Crippen molar-refractivity contribution in [2.45, 2.75) is 25.7 Å². The summed E-state index contributed by atoms with van der Waals surface area (Å²) in [6.07, 6.45) is -5.26. The Morgan fingerprint density at radius 2 is 1.64 bits per heavy atom. The lowest BCUT2D eigenvalue weighted by molar-refractivity contribution is -0.137. The largest absolute Gasteiger partial charge is 0.416 e. The van der Waals surface area contributed by atoms with Crippen LogP contribution in [0.15, 0.2) is 24.3 Å². The predicted molar refractivity (Wildman–Crippen MR) is 45.6 cm³/mol. The highest BCUT2D eigenvalue weighted by atomic mass is 19.4. The fourth-order valence-corrected chi connectivity index (χ4v) is 1.12. The van der Waals surface area contributed by atoms with E-state index < -0.39 is 17.9 Å². The van der Waals surface area contributed by atoms with Gasteiger partial charge in [-0.1, -0.05) is 19.1 Å².